The van der Waals surface area contributed by atoms with Gasteiger partial charge in [0, 0.05) is 29.2 Å². The lowest BCUT2D eigenvalue weighted by Gasteiger charge is -2.16. The Labute approximate surface area is 142 Å². The van der Waals surface area contributed by atoms with Gasteiger partial charge in [-0.1, -0.05) is 18.2 Å². The number of rotatable bonds is 0. The highest BCUT2D eigenvalue weighted by Gasteiger charge is 2.15. The van der Waals surface area contributed by atoms with Crippen LogP contribution in [-0.2, 0) is 19.4 Å². The lowest BCUT2D eigenvalue weighted by Crippen LogP contribution is -2.26. The van der Waals surface area contributed by atoms with Crippen molar-refractivity contribution in [3.05, 3.63) is 70.1 Å². The maximum absolute atomic E-state index is 12.7. The second-order valence-electron chi connectivity index (χ2n) is 6.26. The maximum atomic E-state index is 12.7. The Kier molecular flexibility index (Phi) is 4.65. The van der Waals surface area contributed by atoms with Crippen LogP contribution in [0.5, 0.6) is 0 Å². The van der Waals surface area contributed by atoms with Gasteiger partial charge in [0.05, 0.1) is 0 Å². The lowest BCUT2D eigenvalue weighted by molar-refractivity contribution is 0.0950. The fourth-order valence-electron chi connectivity index (χ4n) is 3.27. The molecular weight excluding hydrogens is 298 g/mol. The average Bonchev–Trinajstić information content (AvgIpc) is 2.53. The van der Waals surface area contributed by atoms with Crippen LogP contribution >= 0.6 is 0 Å². The number of benzene rings is 1. The third-order valence-electron chi connectivity index (χ3n) is 4.50. The number of nitrogen functional groups attached to an aromatic ring is 1. The SMILES string of the molecule is Cc1cc2c(c(C)n1)CNC(=O)c1cccc(N)c1C/C=C/CC2. The largest absolute Gasteiger partial charge is 0.398 e. The molecule has 3 N–H and O–H groups in total. The number of amides is 1. The predicted octanol–water partition coefficient (Wildman–Crippen LogP) is 3.26. The molecule has 1 aromatic heterocycles. The van der Waals surface area contributed by atoms with Gasteiger partial charge in [-0.25, -0.2) is 0 Å². The summed E-state index contributed by atoms with van der Waals surface area (Å²) in [6.07, 6.45) is 6.86. The monoisotopic (exact) mass is 321 g/mol. The van der Waals surface area contributed by atoms with Gasteiger partial charge in [0.15, 0.2) is 0 Å². The molecule has 0 fully saturated rings. The van der Waals surface area contributed by atoms with Gasteiger partial charge in [-0.15, -0.1) is 0 Å². The summed E-state index contributed by atoms with van der Waals surface area (Å²) in [5, 5.41) is 3.04. The Morgan fingerprint density at radius 3 is 2.83 bits per heavy atom. The minimum absolute atomic E-state index is 0.0859. The minimum Gasteiger partial charge on any atom is -0.398 e. The van der Waals surface area contributed by atoms with E-state index in [2.05, 4.69) is 28.5 Å². The van der Waals surface area contributed by atoms with E-state index >= 15 is 0 Å². The van der Waals surface area contributed by atoms with Crippen LogP contribution < -0.4 is 11.1 Å². The first kappa shape index (κ1) is 16.2. The normalized spacial score (nSPS) is 16.2. The molecule has 24 heavy (non-hydrogen) atoms. The molecule has 0 unspecified atom stereocenters. The zero-order valence-electron chi connectivity index (χ0n) is 14.2. The summed E-state index contributed by atoms with van der Waals surface area (Å²) in [5.41, 5.74) is 12.7. The summed E-state index contributed by atoms with van der Waals surface area (Å²) >= 11 is 0. The summed E-state index contributed by atoms with van der Waals surface area (Å²) in [7, 11) is 0. The van der Waals surface area contributed by atoms with Crippen LogP contribution in [0.25, 0.3) is 0 Å². The van der Waals surface area contributed by atoms with Gasteiger partial charge in [0.1, 0.15) is 0 Å². The number of carbonyl (C=O) groups is 1. The van der Waals surface area contributed by atoms with Crippen molar-refractivity contribution in [3.63, 3.8) is 0 Å². The van der Waals surface area contributed by atoms with Crippen LogP contribution in [0.15, 0.2) is 36.4 Å². The van der Waals surface area contributed by atoms with E-state index in [9.17, 15) is 4.79 Å². The van der Waals surface area contributed by atoms with Crippen LogP contribution in [0.4, 0.5) is 5.69 Å². The first-order valence-corrected chi connectivity index (χ1v) is 8.33. The van der Waals surface area contributed by atoms with E-state index in [1.165, 1.54) is 5.56 Å². The molecule has 2 heterocycles. The smallest absolute Gasteiger partial charge is 0.251 e. The highest BCUT2D eigenvalue weighted by molar-refractivity contribution is 5.97. The molecule has 3 rings (SSSR count). The number of aromatic nitrogens is 1. The summed E-state index contributed by atoms with van der Waals surface area (Å²) in [5.74, 6) is -0.0859. The van der Waals surface area contributed by atoms with E-state index < -0.39 is 0 Å². The van der Waals surface area contributed by atoms with Crippen molar-refractivity contribution in [3.8, 4) is 0 Å². The molecular formula is C20H23N3O. The third kappa shape index (κ3) is 3.32. The fourth-order valence-corrected chi connectivity index (χ4v) is 3.27. The predicted molar refractivity (Wildman–Crippen MR) is 96.9 cm³/mol. The molecule has 0 radical (unpaired) electrons. The summed E-state index contributed by atoms with van der Waals surface area (Å²) in [4.78, 5) is 17.2. The Hall–Kier alpha value is -2.62. The number of hydrogen-bond donors (Lipinski definition) is 2. The zero-order valence-corrected chi connectivity index (χ0v) is 14.2. The Morgan fingerprint density at radius 2 is 2.00 bits per heavy atom. The van der Waals surface area contributed by atoms with Crippen molar-refractivity contribution in [2.24, 2.45) is 0 Å². The van der Waals surface area contributed by atoms with Crippen molar-refractivity contribution in [1.29, 1.82) is 0 Å². The van der Waals surface area contributed by atoms with E-state index in [1.807, 2.05) is 32.0 Å². The number of aryl methyl sites for hydroxylation is 3. The number of hydrogen-bond acceptors (Lipinski definition) is 3. The van der Waals surface area contributed by atoms with Crippen LogP contribution in [0.1, 0.15) is 44.9 Å². The van der Waals surface area contributed by atoms with E-state index in [0.717, 1.165) is 35.4 Å². The Morgan fingerprint density at radius 1 is 1.17 bits per heavy atom. The molecule has 4 nitrogen and oxygen atoms in total. The van der Waals surface area contributed by atoms with Gasteiger partial charge in [-0.05, 0) is 68.0 Å². The van der Waals surface area contributed by atoms with Crippen molar-refractivity contribution in [2.75, 3.05) is 5.73 Å². The molecule has 0 saturated carbocycles. The van der Waals surface area contributed by atoms with Crippen LogP contribution in [0.3, 0.4) is 0 Å². The molecule has 0 bridgehead atoms. The first-order chi connectivity index (χ1) is 11.6. The molecule has 1 amide bonds. The summed E-state index contributed by atoms with van der Waals surface area (Å²) in [6.45, 7) is 4.51. The zero-order chi connectivity index (χ0) is 17.1. The topological polar surface area (TPSA) is 68.0 Å². The number of fused-ring (bicyclic) bond motifs is 2. The maximum Gasteiger partial charge on any atom is 0.251 e. The molecule has 0 atom stereocenters. The van der Waals surface area contributed by atoms with E-state index in [4.69, 9.17) is 5.73 Å². The lowest BCUT2D eigenvalue weighted by atomic mass is 9.98. The number of carbonyl (C=O) groups excluding carboxylic acids is 1. The second kappa shape index (κ2) is 6.87. The van der Waals surface area contributed by atoms with Gasteiger partial charge in [-0.3, -0.25) is 9.78 Å². The number of nitrogens with one attached hydrogen (secondary N) is 1. The quantitative estimate of drug-likeness (QED) is 0.578. The summed E-state index contributed by atoms with van der Waals surface area (Å²) in [6, 6.07) is 7.63. The number of nitrogens with two attached hydrogens (primary N) is 1. The van der Waals surface area contributed by atoms with Gasteiger partial charge < -0.3 is 11.1 Å². The van der Waals surface area contributed by atoms with E-state index in [-0.39, 0.29) is 5.91 Å². The Bertz CT molecular complexity index is 809. The Balaban J connectivity index is 2.00. The molecule has 0 aliphatic carbocycles. The highest BCUT2D eigenvalue weighted by atomic mass is 16.1. The summed E-state index contributed by atoms with van der Waals surface area (Å²) < 4.78 is 0. The van der Waals surface area contributed by atoms with E-state index in [0.29, 0.717) is 24.2 Å². The van der Waals surface area contributed by atoms with Crippen LogP contribution in [0.2, 0.25) is 0 Å². The number of pyridine rings is 1. The van der Waals surface area contributed by atoms with Gasteiger partial charge in [0.2, 0.25) is 0 Å². The molecule has 1 aliphatic rings. The molecule has 4 heteroatoms. The average molecular weight is 321 g/mol. The highest BCUT2D eigenvalue weighted by Crippen LogP contribution is 2.21. The van der Waals surface area contributed by atoms with Crippen molar-refractivity contribution >= 4 is 11.6 Å². The molecule has 0 spiro atoms. The van der Waals surface area contributed by atoms with Gasteiger partial charge >= 0.3 is 0 Å². The van der Waals surface area contributed by atoms with Crippen molar-refractivity contribution in [1.82, 2.24) is 10.3 Å². The van der Waals surface area contributed by atoms with Gasteiger partial charge in [-0.2, -0.15) is 0 Å². The number of nitrogens with zero attached hydrogens (tertiary/aromatic N) is 1. The number of anilines is 1. The van der Waals surface area contributed by atoms with E-state index in [1.54, 1.807) is 0 Å². The van der Waals surface area contributed by atoms with Crippen LogP contribution in [0, 0.1) is 13.8 Å². The molecule has 2 aromatic rings. The molecule has 0 saturated heterocycles. The molecule has 124 valence electrons. The van der Waals surface area contributed by atoms with Crippen LogP contribution in [-0.4, -0.2) is 10.9 Å². The van der Waals surface area contributed by atoms with Crippen molar-refractivity contribution in [2.45, 2.75) is 39.7 Å². The molecule has 1 aliphatic heterocycles. The first-order valence-electron chi connectivity index (χ1n) is 8.33. The minimum atomic E-state index is -0.0859. The fraction of sp³-hybridized carbons (Fsp3) is 0.300. The third-order valence-corrected chi connectivity index (χ3v) is 4.50. The van der Waals surface area contributed by atoms with Crippen molar-refractivity contribution < 1.29 is 4.79 Å². The number of allylic oxidation sites excluding steroid dienone is 2. The standard InChI is InChI=1S/C20H23N3O/c1-13-11-15-7-4-3-5-8-16-17(9-6-10-19(16)21)20(24)22-12-18(15)14(2)23-13/h3,5-6,9-11H,4,7-8,12,21H2,1-2H3,(H,22,24)/b5-3+. The van der Waals surface area contributed by atoms with Gasteiger partial charge in [0.25, 0.3) is 5.91 Å². The molecule has 1 aromatic carbocycles. The second-order valence-corrected chi connectivity index (χ2v) is 6.26.